The van der Waals surface area contributed by atoms with E-state index in [0.29, 0.717) is 17.9 Å². The third-order valence-electron chi connectivity index (χ3n) is 5.09. The van der Waals surface area contributed by atoms with Gasteiger partial charge in [-0.2, -0.15) is 5.10 Å². The maximum atomic E-state index is 6.24. The zero-order valence-electron chi connectivity index (χ0n) is 14.2. The molecule has 2 N–H and O–H groups in total. The van der Waals surface area contributed by atoms with Gasteiger partial charge in [0.05, 0.1) is 17.9 Å². The molecule has 24 heavy (non-hydrogen) atoms. The summed E-state index contributed by atoms with van der Waals surface area (Å²) >= 11 is 0. The summed E-state index contributed by atoms with van der Waals surface area (Å²) in [5.74, 6) is 1.90. The lowest BCUT2D eigenvalue weighted by Crippen LogP contribution is -2.43. The monoisotopic (exact) mass is 323 g/mol. The number of aliphatic imine (C=N–C) groups is 1. The molecule has 1 saturated heterocycles. The number of aromatic nitrogens is 2. The molecule has 2 aromatic rings. The fourth-order valence-electron chi connectivity index (χ4n) is 3.58. The number of guanidine groups is 1. The van der Waals surface area contributed by atoms with Gasteiger partial charge in [0.25, 0.3) is 0 Å². The fourth-order valence-corrected chi connectivity index (χ4v) is 3.58. The average Bonchev–Trinajstić information content (AvgIpc) is 3.19. The van der Waals surface area contributed by atoms with Crippen LogP contribution in [-0.2, 0) is 0 Å². The van der Waals surface area contributed by atoms with Crippen LogP contribution in [0.15, 0.2) is 47.7 Å². The first-order valence-electron chi connectivity index (χ1n) is 8.89. The van der Waals surface area contributed by atoms with Crippen molar-refractivity contribution in [1.29, 1.82) is 0 Å². The first-order chi connectivity index (χ1) is 11.7. The van der Waals surface area contributed by atoms with Crippen LogP contribution in [0.3, 0.4) is 0 Å². The number of nitrogens with two attached hydrogens (primary N) is 1. The molecule has 5 nitrogen and oxygen atoms in total. The minimum Gasteiger partial charge on any atom is -0.370 e. The number of hydrogen-bond acceptors (Lipinski definition) is 2. The molecule has 0 spiro atoms. The molecular weight excluding hydrogens is 298 g/mol. The molecule has 0 radical (unpaired) electrons. The number of rotatable bonds is 3. The first-order valence-corrected chi connectivity index (χ1v) is 8.89. The van der Waals surface area contributed by atoms with Gasteiger partial charge in [-0.05, 0) is 42.9 Å². The van der Waals surface area contributed by atoms with E-state index >= 15 is 0 Å². The molecule has 2 aliphatic rings. The predicted molar refractivity (Wildman–Crippen MR) is 96.3 cm³/mol. The molecule has 1 aliphatic heterocycles. The Morgan fingerprint density at radius 2 is 2.12 bits per heavy atom. The lowest BCUT2D eigenvalue weighted by molar-refractivity contribution is 0.270. The molecule has 4 rings (SSSR count). The second kappa shape index (κ2) is 6.30. The molecule has 1 saturated carbocycles. The van der Waals surface area contributed by atoms with Gasteiger partial charge in [0, 0.05) is 25.2 Å². The van der Waals surface area contributed by atoms with Gasteiger partial charge in [0.15, 0.2) is 5.96 Å². The molecule has 1 aliphatic carbocycles. The quantitative estimate of drug-likeness (QED) is 0.698. The van der Waals surface area contributed by atoms with Crippen LogP contribution in [0, 0.1) is 5.92 Å². The van der Waals surface area contributed by atoms with Gasteiger partial charge in [-0.3, -0.25) is 0 Å². The Morgan fingerprint density at radius 1 is 1.29 bits per heavy atom. The van der Waals surface area contributed by atoms with E-state index in [9.17, 15) is 0 Å². The van der Waals surface area contributed by atoms with Crippen molar-refractivity contribution in [3.8, 4) is 5.69 Å². The molecule has 5 heteroatoms. The van der Waals surface area contributed by atoms with Gasteiger partial charge in [-0.25, -0.2) is 9.67 Å². The largest absolute Gasteiger partial charge is 0.370 e. The van der Waals surface area contributed by atoms with Gasteiger partial charge >= 0.3 is 0 Å². The summed E-state index contributed by atoms with van der Waals surface area (Å²) in [6.07, 6.45) is 7.68. The minimum atomic E-state index is 0.315. The average molecular weight is 323 g/mol. The van der Waals surface area contributed by atoms with Gasteiger partial charge < -0.3 is 10.6 Å². The van der Waals surface area contributed by atoms with Gasteiger partial charge in [-0.1, -0.05) is 25.1 Å². The van der Waals surface area contributed by atoms with Crippen LogP contribution in [0.25, 0.3) is 5.69 Å². The molecular formula is C19H25N5. The Morgan fingerprint density at radius 3 is 2.92 bits per heavy atom. The molecule has 3 atom stereocenters. The first kappa shape index (κ1) is 15.2. The van der Waals surface area contributed by atoms with E-state index in [1.807, 2.05) is 29.1 Å². The third kappa shape index (κ3) is 3.16. The highest BCUT2D eigenvalue weighted by Gasteiger charge is 2.40. The second-order valence-corrected chi connectivity index (χ2v) is 7.14. The van der Waals surface area contributed by atoms with Crippen molar-refractivity contribution in [2.45, 2.75) is 38.1 Å². The maximum absolute atomic E-state index is 6.24. The number of hydrogen-bond donors (Lipinski definition) is 1. The molecule has 0 bridgehead atoms. The third-order valence-corrected chi connectivity index (χ3v) is 5.09. The summed E-state index contributed by atoms with van der Waals surface area (Å²) in [6, 6.07) is 10.5. The van der Waals surface area contributed by atoms with E-state index < -0.39 is 0 Å². The van der Waals surface area contributed by atoms with Crippen LogP contribution < -0.4 is 5.73 Å². The van der Waals surface area contributed by atoms with Gasteiger partial charge in [0.1, 0.15) is 0 Å². The summed E-state index contributed by atoms with van der Waals surface area (Å²) in [7, 11) is 0. The number of benzene rings is 1. The Hall–Kier alpha value is -2.30. The molecule has 2 heterocycles. The minimum absolute atomic E-state index is 0.315. The Bertz CT molecular complexity index is 720. The van der Waals surface area contributed by atoms with Crippen molar-refractivity contribution in [2.24, 2.45) is 16.6 Å². The standard InChI is InChI=1S/C19H25N5/c1-14-6-5-9-23(12-14)19(20)22-18-10-17(18)15-11-21-24(13-15)16-7-3-2-4-8-16/h2-4,7-8,11,13-14,17-18H,5-6,9-10,12H2,1H3,(H2,20,22)/t14?,17-,18+/m0/s1. The van der Waals surface area contributed by atoms with Crippen molar-refractivity contribution in [2.75, 3.05) is 13.1 Å². The van der Waals surface area contributed by atoms with Gasteiger partial charge in [-0.15, -0.1) is 0 Å². The lowest BCUT2D eigenvalue weighted by atomic mass is 10.0. The van der Waals surface area contributed by atoms with E-state index in [1.165, 1.54) is 18.4 Å². The molecule has 126 valence electrons. The van der Waals surface area contributed by atoms with Crippen LogP contribution in [0.2, 0.25) is 0 Å². The molecule has 1 unspecified atom stereocenters. The Balaban J connectivity index is 1.41. The Kier molecular flexibility index (Phi) is 4.00. The zero-order chi connectivity index (χ0) is 16.5. The van der Waals surface area contributed by atoms with E-state index in [1.54, 1.807) is 0 Å². The summed E-state index contributed by atoms with van der Waals surface area (Å²) in [6.45, 7) is 4.37. The molecule has 0 amide bonds. The summed E-state index contributed by atoms with van der Waals surface area (Å²) in [4.78, 5) is 7.02. The van der Waals surface area contributed by atoms with Crippen molar-refractivity contribution in [3.05, 3.63) is 48.3 Å². The van der Waals surface area contributed by atoms with Crippen LogP contribution >= 0.6 is 0 Å². The predicted octanol–water partition coefficient (Wildman–Crippen LogP) is 2.77. The van der Waals surface area contributed by atoms with Crippen molar-refractivity contribution < 1.29 is 0 Å². The highest BCUT2D eigenvalue weighted by atomic mass is 15.3. The number of nitrogens with zero attached hydrogens (tertiary/aromatic N) is 4. The summed E-state index contributed by atoms with van der Waals surface area (Å²) in [5, 5.41) is 4.49. The number of likely N-dealkylation sites (tertiary alicyclic amines) is 1. The summed E-state index contributed by atoms with van der Waals surface area (Å²) < 4.78 is 1.93. The Labute approximate surface area is 143 Å². The molecule has 2 fully saturated rings. The normalized spacial score (nSPS) is 27.3. The highest BCUT2D eigenvalue weighted by molar-refractivity contribution is 5.78. The smallest absolute Gasteiger partial charge is 0.191 e. The van der Waals surface area contributed by atoms with Crippen molar-refractivity contribution in [3.63, 3.8) is 0 Å². The second-order valence-electron chi connectivity index (χ2n) is 7.14. The van der Waals surface area contributed by atoms with E-state index in [4.69, 9.17) is 10.7 Å². The lowest BCUT2D eigenvalue weighted by Gasteiger charge is -2.31. The zero-order valence-corrected chi connectivity index (χ0v) is 14.2. The van der Waals surface area contributed by atoms with Crippen LogP contribution in [-0.4, -0.2) is 39.8 Å². The van der Waals surface area contributed by atoms with Gasteiger partial charge in [0.2, 0.25) is 0 Å². The fraction of sp³-hybridized carbons (Fsp3) is 0.474. The summed E-state index contributed by atoms with van der Waals surface area (Å²) in [5.41, 5.74) is 8.59. The number of piperidine rings is 1. The van der Waals surface area contributed by atoms with E-state index in [-0.39, 0.29) is 0 Å². The highest BCUT2D eigenvalue weighted by Crippen LogP contribution is 2.43. The maximum Gasteiger partial charge on any atom is 0.191 e. The van der Waals surface area contributed by atoms with Crippen LogP contribution in [0.5, 0.6) is 0 Å². The van der Waals surface area contributed by atoms with Crippen molar-refractivity contribution in [1.82, 2.24) is 14.7 Å². The topological polar surface area (TPSA) is 59.4 Å². The van der Waals surface area contributed by atoms with E-state index in [0.717, 1.165) is 31.2 Å². The van der Waals surface area contributed by atoms with Crippen LogP contribution in [0.4, 0.5) is 0 Å². The SMILES string of the molecule is CC1CCCN(C(N)=N[C@@H]2C[C@H]2c2cnn(-c3ccccc3)c2)C1. The van der Waals surface area contributed by atoms with E-state index in [2.05, 4.69) is 35.3 Å². The molecule has 1 aromatic heterocycles. The van der Waals surface area contributed by atoms with Crippen molar-refractivity contribution >= 4 is 5.96 Å². The van der Waals surface area contributed by atoms with Crippen LogP contribution in [0.1, 0.15) is 37.7 Å². The number of para-hydroxylation sites is 1. The molecule has 1 aromatic carbocycles.